The van der Waals surface area contributed by atoms with E-state index in [0.29, 0.717) is 0 Å². The van der Waals surface area contributed by atoms with Gasteiger partial charge in [-0.05, 0) is 46.8 Å². The van der Waals surface area contributed by atoms with Crippen LogP contribution in [0.3, 0.4) is 0 Å². The van der Waals surface area contributed by atoms with Crippen molar-refractivity contribution in [3.05, 3.63) is 20.3 Å². The molecule has 0 bridgehead atoms. The van der Waals surface area contributed by atoms with Gasteiger partial charge < -0.3 is 5.32 Å². The van der Waals surface area contributed by atoms with Gasteiger partial charge in [0.1, 0.15) is 0 Å². The Labute approximate surface area is 89.5 Å². The highest BCUT2D eigenvalue weighted by Gasteiger charge is 2.21. The van der Waals surface area contributed by atoms with Crippen LogP contribution < -0.4 is 5.32 Å². The van der Waals surface area contributed by atoms with E-state index in [4.69, 9.17) is 0 Å². The van der Waals surface area contributed by atoms with E-state index >= 15 is 0 Å². The minimum atomic E-state index is 0.240. The molecule has 1 aromatic heterocycles. The van der Waals surface area contributed by atoms with Gasteiger partial charge in [-0.25, -0.2) is 0 Å². The van der Waals surface area contributed by atoms with Crippen LogP contribution >= 0.6 is 27.3 Å². The molecule has 4 heteroatoms. The predicted molar refractivity (Wildman–Crippen MR) is 56.9 cm³/mol. The molecule has 2 nitrogen and oxygen atoms in total. The average Bonchev–Trinajstić information content (AvgIpc) is 2.47. The van der Waals surface area contributed by atoms with Crippen LogP contribution in [0.1, 0.15) is 29.3 Å². The predicted octanol–water partition coefficient (Wildman–Crippen LogP) is 2.63. The summed E-state index contributed by atoms with van der Waals surface area (Å²) in [4.78, 5) is 11.8. The Kier molecular flexibility index (Phi) is 2.69. The molecular formula is C9H10BrNOS. The molecule has 1 atom stereocenters. The summed E-state index contributed by atoms with van der Waals surface area (Å²) in [7, 11) is 0. The zero-order valence-corrected chi connectivity index (χ0v) is 9.45. The third-order valence-corrected chi connectivity index (χ3v) is 4.07. The number of fused-ring (bicyclic) bond motifs is 1. The summed E-state index contributed by atoms with van der Waals surface area (Å²) in [5, 5.41) is 2.86. The molecule has 0 saturated heterocycles. The molecule has 0 aromatic carbocycles. The summed E-state index contributed by atoms with van der Waals surface area (Å²) >= 11 is 5.25. The molecule has 0 fully saturated rings. The first-order valence-corrected chi connectivity index (χ1v) is 5.90. The summed E-state index contributed by atoms with van der Waals surface area (Å²) in [6, 6.07) is 2.36. The third-order valence-electron chi connectivity index (χ3n) is 2.35. The lowest BCUT2D eigenvalue weighted by Crippen LogP contribution is -2.22. The van der Waals surface area contributed by atoms with Crippen molar-refractivity contribution in [2.75, 3.05) is 0 Å². The molecule has 13 heavy (non-hydrogen) atoms. The minimum absolute atomic E-state index is 0.240. The van der Waals surface area contributed by atoms with E-state index in [1.807, 2.05) is 0 Å². The molecule has 2 rings (SSSR count). The van der Waals surface area contributed by atoms with Crippen molar-refractivity contribution in [2.45, 2.75) is 25.3 Å². The fraction of sp³-hybridized carbons (Fsp3) is 0.444. The van der Waals surface area contributed by atoms with Gasteiger partial charge in [-0.3, -0.25) is 4.79 Å². The van der Waals surface area contributed by atoms with Gasteiger partial charge in [-0.1, -0.05) is 0 Å². The number of amides is 1. The number of rotatable bonds is 2. The van der Waals surface area contributed by atoms with Gasteiger partial charge in [0.25, 0.3) is 0 Å². The van der Waals surface area contributed by atoms with Gasteiger partial charge in [0, 0.05) is 4.88 Å². The molecule has 0 saturated carbocycles. The number of carbonyl (C=O) groups is 1. The standard InChI is InChI=1S/C9H10BrNOS/c10-9-4-6-7(11-5-12)2-1-3-8(6)13-9/h4-5,7H,1-3H2,(H,11,12). The van der Waals surface area contributed by atoms with Crippen molar-refractivity contribution >= 4 is 33.7 Å². The van der Waals surface area contributed by atoms with E-state index in [1.54, 1.807) is 11.3 Å². The summed E-state index contributed by atoms with van der Waals surface area (Å²) in [6.45, 7) is 0. The largest absolute Gasteiger partial charge is 0.352 e. The summed E-state index contributed by atoms with van der Waals surface area (Å²) in [5.74, 6) is 0. The molecular weight excluding hydrogens is 250 g/mol. The number of aryl methyl sites for hydroxylation is 1. The van der Waals surface area contributed by atoms with E-state index in [9.17, 15) is 4.79 Å². The Bertz CT molecular complexity index is 323. The summed E-state index contributed by atoms with van der Waals surface area (Å²) in [5.41, 5.74) is 1.30. The maximum Gasteiger partial charge on any atom is 0.207 e. The number of hydrogen-bond donors (Lipinski definition) is 1. The highest BCUT2D eigenvalue weighted by Crippen LogP contribution is 2.37. The molecule has 1 aromatic rings. The maximum absolute atomic E-state index is 10.4. The van der Waals surface area contributed by atoms with Crippen LogP contribution in [0.4, 0.5) is 0 Å². The molecule has 0 spiro atoms. The second-order valence-electron chi connectivity index (χ2n) is 3.16. The number of halogens is 1. The fourth-order valence-electron chi connectivity index (χ4n) is 1.78. The third kappa shape index (κ3) is 1.79. The van der Waals surface area contributed by atoms with Crippen LogP contribution in [0.25, 0.3) is 0 Å². The quantitative estimate of drug-likeness (QED) is 0.814. The lowest BCUT2D eigenvalue weighted by molar-refractivity contribution is -0.110. The normalized spacial score (nSPS) is 20.8. The van der Waals surface area contributed by atoms with Gasteiger partial charge >= 0.3 is 0 Å². The van der Waals surface area contributed by atoms with Crippen LogP contribution in [0, 0.1) is 0 Å². The van der Waals surface area contributed by atoms with E-state index in [-0.39, 0.29) is 6.04 Å². The van der Waals surface area contributed by atoms with Crippen LogP contribution in [0.2, 0.25) is 0 Å². The molecule has 1 unspecified atom stereocenters. The molecule has 1 aliphatic carbocycles. The summed E-state index contributed by atoms with van der Waals surface area (Å²) in [6.07, 6.45) is 4.19. The topological polar surface area (TPSA) is 29.1 Å². The zero-order chi connectivity index (χ0) is 9.26. The van der Waals surface area contributed by atoms with Gasteiger partial charge in [0.15, 0.2) is 0 Å². The average molecular weight is 260 g/mol. The minimum Gasteiger partial charge on any atom is -0.352 e. The van der Waals surface area contributed by atoms with Gasteiger partial charge in [-0.2, -0.15) is 0 Å². The second kappa shape index (κ2) is 3.80. The number of carbonyl (C=O) groups excluding carboxylic acids is 1. The van der Waals surface area contributed by atoms with Crippen molar-refractivity contribution in [2.24, 2.45) is 0 Å². The first-order valence-electron chi connectivity index (χ1n) is 4.29. The Morgan fingerprint density at radius 3 is 3.31 bits per heavy atom. The van der Waals surface area contributed by atoms with Crippen molar-refractivity contribution in [1.29, 1.82) is 0 Å². The Morgan fingerprint density at radius 1 is 1.69 bits per heavy atom. The van der Waals surface area contributed by atoms with E-state index in [0.717, 1.165) is 23.0 Å². The SMILES string of the molecule is O=CNC1CCCc2sc(Br)cc21. The lowest BCUT2D eigenvalue weighted by Gasteiger charge is -2.21. The second-order valence-corrected chi connectivity index (χ2v) is 5.67. The van der Waals surface area contributed by atoms with Crippen LogP contribution in [0.5, 0.6) is 0 Å². The maximum atomic E-state index is 10.4. The van der Waals surface area contributed by atoms with E-state index < -0.39 is 0 Å². The molecule has 1 aliphatic rings. The van der Waals surface area contributed by atoms with Gasteiger partial charge in [0.05, 0.1) is 9.83 Å². The molecule has 1 heterocycles. The zero-order valence-electron chi connectivity index (χ0n) is 7.05. The van der Waals surface area contributed by atoms with Gasteiger partial charge in [-0.15, -0.1) is 11.3 Å². The van der Waals surface area contributed by atoms with Crippen molar-refractivity contribution < 1.29 is 4.79 Å². The van der Waals surface area contributed by atoms with Crippen LogP contribution in [-0.4, -0.2) is 6.41 Å². The lowest BCUT2D eigenvalue weighted by atomic mass is 9.94. The van der Waals surface area contributed by atoms with E-state index in [2.05, 4.69) is 27.3 Å². The monoisotopic (exact) mass is 259 g/mol. The Hall–Kier alpha value is -0.350. The van der Waals surface area contributed by atoms with Crippen LogP contribution in [-0.2, 0) is 11.2 Å². The van der Waals surface area contributed by atoms with Gasteiger partial charge in [0.2, 0.25) is 6.41 Å². The molecule has 0 radical (unpaired) electrons. The Morgan fingerprint density at radius 2 is 2.54 bits per heavy atom. The first kappa shape index (κ1) is 9.21. The van der Waals surface area contributed by atoms with Crippen molar-refractivity contribution in [3.8, 4) is 0 Å². The first-order chi connectivity index (χ1) is 6.31. The fourth-order valence-corrected chi connectivity index (χ4v) is 3.60. The Balaban J connectivity index is 2.30. The molecule has 1 N–H and O–H groups in total. The summed E-state index contributed by atoms with van der Waals surface area (Å²) < 4.78 is 1.16. The highest BCUT2D eigenvalue weighted by molar-refractivity contribution is 9.11. The number of hydrogen-bond acceptors (Lipinski definition) is 2. The molecule has 1 amide bonds. The van der Waals surface area contributed by atoms with Crippen molar-refractivity contribution in [1.82, 2.24) is 5.32 Å². The van der Waals surface area contributed by atoms with Crippen molar-refractivity contribution in [3.63, 3.8) is 0 Å². The molecule has 0 aliphatic heterocycles. The highest BCUT2D eigenvalue weighted by atomic mass is 79.9. The number of thiophene rings is 1. The van der Waals surface area contributed by atoms with Crippen LogP contribution in [0.15, 0.2) is 9.85 Å². The number of nitrogens with one attached hydrogen (secondary N) is 1. The van der Waals surface area contributed by atoms with E-state index in [1.165, 1.54) is 16.9 Å². The smallest absolute Gasteiger partial charge is 0.207 e. The molecule has 70 valence electrons.